The van der Waals surface area contributed by atoms with E-state index in [1.54, 1.807) is 6.33 Å². The first kappa shape index (κ1) is 9.13. The molecule has 0 unspecified atom stereocenters. The first-order valence-electron chi connectivity index (χ1n) is 6.03. The Labute approximate surface area is 90.5 Å². The number of aryl methyl sites for hydroxylation is 1. The Bertz CT molecular complexity index is 356. The maximum Gasteiger partial charge on any atom is 0.135 e. The summed E-state index contributed by atoms with van der Waals surface area (Å²) in [6.07, 6.45) is 9.35. The van der Waals surface area contributed by atoms with Crippen LogP contribution in [0, 0.1) is 0 Å². The monoisotopic (exact) mass is 203 g/mol. The van der Waals surface area contributed by atoms with Crippen LogP contribution in [0.1, 0.15) is 36.9 Å². The maximum absolute atomic E-state index is 4.49. The van der Waals surface area contributed by atoms with E-state index in [0.29, 0.717) is 0 Å². The van der Waals surface area contributed by atoms with E-state index < -0.39 is 0 Å². The highest BCUT2D eigenvalue weighted by atomic mass is 15.2. The van der Waals surface area contributed by atoms with Gasteiger partial charge in [-0.1, -0.05) is 0 Å². The number of aromatic nitrogens is 2. The molecule has 0 atom stereocenters. The van der Waals surface area contributed by atoms with E-state index in [1.807, 2.05) is 0 Å². The number of hydrogen-bond acceptors (Lipinski definition) is 3. The zero-order chi connectivity index (χ0) is 10.1. The Morgan fingerprint density at radius 1 is 0.933 bits per heavy atom. The van der Waals surface area contributed by atoms with Crippen molar-refractivity contribution in [1.82, 2.24) is 9.97 Å². The van der Waals surface area contributed by atoms with Gasteiger partial charge in [0.25, 0.3) is 0 Å². The summed E-state index contributed by atoms with van der Waals surface area (Å²) in [5.74, 6) is 1.23. The molecule has 0 saturated carbocycles. The lowest BCUT2D eigenvalue weighted by Crippen LogP contribution is -2.31. The molecule has 1 aromatic heterocycles. The minimum atomic E-state index is 1.15. The minimum Gasteiger partial charge on any atom is -0.356 e. The van der Waals surface area contributed by atoms with Crippen LogP contribution >= 0.6 is 0 Å². The average Bonchev–Trinajstić information content (AvgIpc) is 2.78. The van der Waals surface area contributed by atoms with Crippen molar-refractivity contribution in [3.63, 3.8) is 0 Å². The fourth-order valence-corrected chi connectivity index (χ4v) is 2.72. The van der Waals surface area contributed by atoms with Crippen molar-refractivity contribution < 1.29 is 0 Å². The molecule has 1 aliphatic carbocycles. The summed E-state index contributed by atoms with van der Waals surface area (Å²) in [5.41, 5.74) is 2.73. The number of anilines is 1. The van der Waals surface area contributed by atoms with Crippen molar-refractivity contribution in [1.29, 1.82) is 0 Å². The van der Waals surface area contributed by atoms with Gasteiger partial charge in [0.05, 0.1) is 0 Å². The normalized spacial score (nSPS) is 20.4. The summed E-state index contributed by atoms with van der Waals surface area (Å²) < 4.78 is 0. The molecule has 1 aromatic rings. The molecule has 3 rings (SSSR count). The zero-order valence-electron chi connectivity index (χ0n) is 9.08. The van der Waals surface area contributed by atoms with Gasteiger partial charge in [-0.25, -0.2) is 9.97 Å². The molecule has 2 aliphatic rings. The number of rotatable bonds is 1. The molecule has 0 amide bonds. The summed E-state index contributed by atoms with van der Waals surface area (Å²) in [5, 5.41) is 0. The number of nitrogens with zero attached hydrogens (tertiary/aromatic N) is 3. The number of fused-ring (bicyclic) bond motifs is 1. The third kappa shape index (κ3) is 1.60. The molecule has 0 bridgehead atoms. The quantitative estimate of drug-likeness (QED) is 0.698. The first-order chi connectivity index (χ1) is 7.45. The van der Waals surface area contributed by atoms with Crippen LogP contribution in [0.2, 0.25) is 0 Å². The average molecular weight is 203 g/mol. The van der Waals surface area contributed by atoms with Gasteiger partial charge in [0.2, 0.25) is 0 Å². The fourth-order valence-electron chi connectivity index (χ4n) is 2.72. The van der Waals surface area contributed by atoms with Gasteiger partial charge in [0.1, 0.15) is 12.1 Å². The Morgan fingerprint density at radius 2 is 1.80 bits per heavy atom. The van der Waals surface area contributed by atoms with Gasteiger partial charge in [-0.2, -0.15) is 0 Å². The molecule has 1 aliphatic heterocycles. The van der Waals surface area contributed by atoms with Gasteiger partial charge in [-0.3, -0.25) is 0 Å². The van der Waals surface area contributed by atoms with E-state index in [9.17, 15) is 0 Å². The van der Waals surface area contributed by atoms with E-state index in [2.05, 4.69) is 14.9 Å². The minimum absolute atomic E-state index is 1.15. The molecule has 0 N–H and O–H groups in total. The summed E-state index contributed by atoms with van der Waals surface area (Å²) in [6.45, 7) is 2.37. The SMILES string of the molecule is c1nc2c(c(N3CCCCC3)n1)CCC2. The van der Waals surface area contributed by atoms with Crippen LogP contribution in [-0.4, -0.2) is 23.1 Å². The van der Waals surface area contributed by atoms with E-state index in [4.69, 9.17) is 0 Å². The Kier molecular flexibility index (Phi) is 2.31. The van der Waals surface area contributed by atoms with Crippen LogP contribution in [0.15, 0.2) is 6.33 Å². The molecule has 0 aromatic carbocycles. The summed E-state index contributed by atoms with van der Waals surface area (Å²) >= 11 is 0. The smallest absolute Gasteiger partial charge is 0.135 e. The van der Waals surface area contributed by atoms with Crippen LogP contribution in [0.5, 0.6) is 0 Å². The molecule has 1 fully saturated rings. The third-order valence-corrected chi connectivity index (χ3v) is 3.51. The van der Waals surface area contributed by atoms with Crippen LogP contribution in [0.25, 0.3) is 0 Å². The largest absolute Gasteiger partial charge is 0.356 e. The van der Waals surface area contributed by atoms with Gasteiger partial charge >= 0.3 is 0 Å². The second-order valence-electron chi connectivity index (χ2n) is 4.52. The lowest BCUT2D eigenvalue weighted by molar-refractivity contribution is 0.571. The van der Waals surface area contributed by atoms with Crippen molar-refractivity contribution in [2.24, 2.45) is 0 Å². The van der Waals surface area contributed by atoms with Crippen molar-refractivity contribution in [3.05, 3.63) is 17.6 Å². The third-order valence-electron chi connectivity index (χ3n) is 3.51. The summed E-state index contributed by atoms with van der Waals surface area (Å²) in [7, 11) is 0. The van der Waals surface area contributed by atoms with E-state index in [0.717, 1.165) is 6.42 Å². The van der Waals surface area contributed by atoms with Crippen LogP contribution in [-0.2, 0) is 12.8 Å². The summed E-state index contributed by atoms with van der Waals surface area (Å²) in [4.78, 5) is 11.3. The predicted molar refractivity (Wildman–Crippen MR) is 60.1 cm³/mol. The topological polar surface area (TPSA) is 29.0 Å². The molecule has 80 valence electrons. The molecule has 2 heterocycles. The van der Waals surface area contributed by atoms with E-state index in [1.165, 1.54) is 62.3 Å². The van der Waals surface area contributed by atoms with E-state index >= 15 is 0 Å². The zero-order valence-corrected chi connectivity index (χ0v) is 9.08. The fraction of sp³-hybridized carbons (Fsp3) is 0.667. The highest BCUT2D eigenvalue weighted by Gasteiger charge is 2.21. The second kappa shape index (κ2) is 3.80. The van der Waals surface area contributed by atoms with Gasteiger partial charge in [0.15, 0.2) is 0 Å². The van der Waals surface area contributed by atoms with Crippen molar-refractivity contribution in [2.75, 3.05) is 18.0 Å². The lowest BCUT2D eigenvalue weighted by Gasteiger charge is -2.29. The molecular weight excluding hydrogens is 186 g/mol. The van der Waals surface area contributed by atoms with E-state index in [-0.39, 0.29) is 0 Å². The molecular formula is C12H17N3. The molecule has 0 radical (unpaired) electrons. The Morgan fingerprint density at radius 3 is 2.67 bits per heavy atom. The van der Waals surface area contributed by atoms with Gasteiger partial charge < -0.3 is 4.90 Å². The van der Waals surface area contributed by atoms with Crippen LogP contribution < -0.4 is 4.90 Å². The second-order valence-corrected chi connectivity index (χ2v) is 4.52. The van der Waals surface area contributed by atoms with Crippen molar-refractivity contribution >= 4 is 5.82 Å². The maximum atomic E-state index is 4.49. The molecule has 3 heteroatoms. The Hall–Kier alpha value is -1.12. The lowest BCUT2D eigenvalue weighted by atomic mass is 10.1. The number of hydrogen-bond donors (Lipinski definition) is 0. The molecule has 0 spiro atoms. The highest BCUT2D eigenvalue weighted by Crippen LogP contribution is 2.29. The van der Waals surface area contributed by atoms with Gasteiger partial charge in [-0.15, -0.1) is 0 Å². The Balaban J connectivity index is 1.93. The van der Waals surface area contributed by atoms with Gasteiger partial charge in [-0.05, 0) is 38.5 Å². The standard InChI is InChI=1S/C12H17N3/c1-2-7-15(8-3-1)12-10-5-4-6-11(10)13-9-14-12/h9H,1-8H2. The molecule has 1 saturated heterocycles. The molecule has 3 nitrogen and oxygen atoms in total. The summed E-state index contributed by atoms with van der Waals surface area (Å²) in [6, 6.07) is 0. The first-order valence-corrected chi connectivity index (χ1v) is 6.03. The highest BCUT2D eigenvalue weighted by molar-refractivity contribution is 5.50. The van der Waals surface area contributed by atoms with Crippen molar-refractivity contribution in [2.45, 2.75) is 38.5 Å². The van der Waals surface area contributed by atoms with Gasteiger partial charge in [0, 0.05) is 24.3 Å². The van der Waals surface area contributed by atoms with Crippen LogP contribution in [0.3, 0.4) is 0 Å². The molecule has 15 heavy (non-hydrogen) atoms. The predicted octanol–water partition coefficient (Wildman–Crippen LogP) is 1.96. The van der Waals surface area contributed by atoms with Crippen molar-refractivity contribution in [3.8, 4) is 0 Å². The van der Waals surface area contributed by atoms with Crippen LogP contribution in [0.4, 0.5) is 5.82 Å². The number of piperidine rings is 1.